The number of amides is 1. The van der Waals surface area contributed by atoms with Crippen LogP contribution >= 0.6 is 0 Å². The molecule has 35 heavy (non-hydrogen) atoms. The monoisotopic (exact) mass is 483 g/mol. The Morgan fingerprint density at radius 1 is 1.23 bits per heavy atom. The highest BCUT2D eigenvalue weighted by Crippen LogP contribution is 2.43. The van der Waals surface area contributed by atoms with Crippen molar-refractivity contribution in [3.8, 4) is 0 Å². The maximum atomic E-state index is 13.2. The Labute approximate surface area is 203 Å². The summed E-state index contributed by atoms with van der Waals surface area (Å²) in [5.41, 5.74) is 1.33. The van der Waals surface area contributed by atoms with E-state index in [1.807, 2.05) is 17.0 Å². The van der Waals surface area contributed by atoms with Crippen LogP contribution in [0.2, 0.25) is 0 Å². The number of fused-ring (bicyclic) bond motifs is 2. The standard InChI is InChI=1S/C24H30FN7O3/c1-24(2,3)17-12-21-31(14-20(33)27-18-6-4-15(25)13-26-18)22-16(23(34)32(21)29-17)5-7-19(28-22)30-8-10-35-11-9-30/h4-7,13,21,23,34H,8-12,14H2,1-3H3,(H,26,27,33). The molecule has 1 saturated heterocycles. The van der Waals surface area contributed by atoms with Gasteiger partial charge in [0.05, 0.1) is 19.4 Å². The van der Waals surface area contributed by atoms with Gasteiger partial charge in [-0.15, -0.1) is 0 Å². The molecule has 1 fully saturated rings. The Morgan fingerprint density at radius 2 is 2.00 bits per heavy atom. The summed E-state index contributed by atoms with van der Waals surface area (Å²) in [7, 11) is 0. The van der Waals surface area contributed by atoms with E-state index in [4.69, 9.17) is 14.8 Å². The first-order valence-electron chi connectivity index (χ1n) is 11.8. The van der Waals surface area contributed by atoms with Crippen LogP contribution < -0.4 is 15.1 Å². The Morgan fingerprint density at radius 3 is 2.69 bits per heavy atom. The smallest absolute Gasteiger partial charge is 0.245 e. The minimum Gasteiger partial charge on any atom is -0.378 e. The fourth-order valence-electron chi connectivity index (χ4n) is 4.54. The number of ether oxygens (including phenoxy) is 1. The lowest BCUT2D eigenvalue weighted by molar-refractivity contribution is -0.115. The van der Waals surface area contributed by atoms with Gasteiger partial charge in [-0.05, 0) is 24.3 Å². The molecule has 1 amide bonds. The van der Waals surface area contributed by atoms with Crippen LogP contribution in [0.1, 0.15) is 39.0 Å². The third kappa shape index (κ3) is 4.65. The van der Waals surface area contributed by atoms with Gasteiger partial charge in [0.1, 0.15) is 36.0 Å². The van der Waals surface area contributed by atoms with Crippen LogP contribution in [-0.2, 0) is 9.53 Å². The molecule has 0 bridgehead atoms. The molecule has 2 atom stereocenters. The van der Waals surface area contributed by atoms with Gasteiger partial charge in [-0.25, -0.2) is 19.4 Å². The highest BCUT2D eigenvalue weighted by atomic mass is 19.1. The molecular formula is C24H30FN7O3. The van der Waals surface area contributed by atoms with Crippen LogP contribution in [0.4, 0.5) is 21.8 Å². The van der Waals surface area contributed by atoms with Crippen molar-refractivity contribution in [1.29, 1.82) is 0 Å². The largest absolute Gasteiger partial charge is 0.378 e. The highest BCUT2D eigenvalue weighted by Gasteiger charge is 2.45. The van der Waals surface area contributed by atoms with Gasteiger partial charge in [0, 0.05) is 36.2 Å². The zero-order valence-electron chi connectivity index (χ0n) is 20.1. The quantitative estimate of drug-likeness (QED) is 0.683. The number of pyridine rings is 2. The van der Waals surface area contributed by atoms with Crippen LogP contribution in [0.3, 0.4) is 0 Å². The van der Waals surface area contributed by atoms with Gasteiger partial charge < -0.3 is 25.0 Å². The second-order valence-electron chi connectivity index (χ2n) is 9.95. The van der Waals surface area contributed by atoms with Crippen LogP contribution in [-0.4, -0.2) is 70.7 Å². The summed E-state index contributed by atoms with van der Waals surface area (Å²) in [5, 5.41) is 20.3. The van der Waals surface area contributed by atoms with E-state index in [0.717, 1.165) is 30.8 Å². The molecule has 5 rings (SSSR count). The van der Waals surface area contributed by atoms with E-state index in [-0.39, 0.29) is 29.9 Å². The van der Waals surface area contributed by atoms with Crippen molar-refractivity contribution in [1.82, 2.24) is 15.0 Å². The Bertz CT molecular complexity index is 1130. The van der Waals surface area contributed by atoms with Crippen molar-refractivity contribution in [3.63, 3.8) is 0 Å². The summed E-state index contributed by atoms with van der Waals surface area (Å²) >= 11 is 0. The van der Waals surface area contributed by atoms with Crippen molar-refractivity contribution in [2.75, 3.05) is 48.0 Å². The first-order chi connectivity index (χ1) is 16.7. The predicted octanol–water partition coefficient (Wildman–Crippen LogP) is 2.34. The molecule has 0 saturated carbocycles. The second-order valence-corrected chi connectivity index (χ2v) is 9.95. The summed E-state index contributed by atoms with van der Waals surface area (Å²) < 4.78 is 18.7. The molecule has 3 aliphatic heterocycles. The third-order valence-corrected chi connectivity index (χ3v) is 6.48. The predicted molar refractivity (Wildman–Crippen MR) is 130 cm³/mol. The third-order valence-electron chi connectivity index (χ3n) is 6.48. The van der Waals surface area contributed by atoms with Gasteiger partial charge in [-0.2, -0.15) is 5.10 Å². The maximum absolute atomic E-state index is 13.2. The minimum absolute atomic E-state index is 0.0353. The number of hydrogen-bond acceptors (Lipinski definition) is 9. The van der Waals surface area contributed by atoms with E-state index in [2.05, 4.69) is 36.0 Å². The number of aromatic nitrogens is 2. The molecule has 3 aliphatic rings. The molecule has 5 heterocycles. The number of hydrogen-bond donors (Lipinski definition) is 2. The zero-order valence-corrected chi connectivity index (χ0v) is 20.1. The van der Waals surface area contributed by atoms with Gasteiger partial charge >= 0.3 is 0 Å². The summed E-state index contributed by atoms with van der Waals surface area (Å²) in [6.45, 7) is 8.89. The van der Waals surface area contributed by atoms with Crippen LogP contribution in [0.5, 0.6) is 0 Å². The van der Waals surface area contributed by atoms with Gasteiger partial charge in [0.25, 0.3) is 0 Å². The van der Waals surface area contributed by atoms with Gasteiger partial charge in [-0.3, -0.25) is 4.79 Å². The molecular weight excluding hydrogens is 453 g/mol. The average Bonchev–Trinajstić information content (AvgIpc) is 3.30. The van der Waals surface area contributed by atoms with E-state index >= 15 is 0 Å². The molecule has 10 nitrogen and oxygen atoms in total. The molecule has 186 valence electrons. The number of nitrogens with zero attached hydrogens (tertiary/aromatic N) is 6. The Kier molecular flexibility index (Phi) is 6.06. The fourth-order valence-corrected chi connectivity index (χ4v) is 4.54. The number of morpholine rings is 1. The number of rotatable bonds is 4. The number of aliphatic hydroxyl groups excluding tert-OH is 1. The summed E-state index contributed by atoms with van der Waals surface area (Å²) in [6.07, 6.45) is 0.275. The molecule has 0 spiro atoms. The number of carbonyl (C=O) groups excluding carboxylic acids is 1. The molecule has 0 radical (unpaired) electrons. The lowest BCUT2D eigenvalue weighted by Crippen LogP contribution is -2.53. The van der Waals surface area contributed by atoms with E-state index in [1.54, 1.807) is 5.01 Å². The second kappa shape index (κ2) is 9.04. The van der Waals surface area contributed by atoms with Gasteiger partial charge in [0.2, 0.25) is 5.91 Å². The van der Waals surface area contributed by atoms with Gasteiger partial charge in [-0.1, -0.05) is 20.8 Å². The topological polar surface area (TPSA) is 106 Å². The van der Waals surface area contributed by atoms with Crippen molar-refractivity contribution < 1.29 is 19.0 Å². The first-order valence-corrected chi connectivity index (χ1v) is 11.8. The lowest BCUT2D eigenvalue weighted by atomic mass is 9.87. The van der Waals surface area contributed by atoms with Crippen LogP contribution in [0.25, 0.3) is 0 Å². The Balaban J connectivity index is 1.47. The molecule has 2 N–H and O–H groups in total. The van der Waals surface area contributed by atoms with Crippen LogP contribution in [0.15, 0.2) is 35.6 Å². The average molecular weight is 484 g/mol. The number of nitrogens with one attached hydrogen (secondary N) is 1. The molecule has 2 aromatic rings. The molecule has 2 unspecified atom stereocenters. The van der Waals surface area contributed by atoms with Crippen molar-refractivity contribution in [3.05, 3.63) is 41.8 Å². The molecule has 0 aliphatic carbocycles. The fraction of sp³-hybridized carbons (Fsp3) is 0.500. The summed E-state index contributed by atoms with van der Waals surface area (Å²) in [4.78, 5) is 25.9. The number of aliphatic hydroxyl groups is 1. The Hall–Kier alpha value is -3.31. The summed E-state index contributed by atoms with van der Waals surface area (Å²) in [6, 6.07) is 6.40. The first kappa shape index (κ1) is 23.4. The van der Waals surface area contributed by atoms with E-state index in [9.17, 15) is 14.3 Å². The van der Waals surface area contributed by atoms with Crippen molar-refractivity contribution >= 4 is 29.1 Å². The number of hydrazone groups is 1. The number of carbonyl (C=O) groups is 1. The SMILES string of the molecule is CC(C)(C)C1=NN2C(O)c3ccc(N4CCOCC4)nc3N(CC(=O)Nc3ccc(F)cn3)C2C1. The highest BCUT2D eigenvalue weighted by molar-refractivity contribution is 5.95. The lowest BCUT2D eigenvalue weighted by Gasteiger charge is -2.43. The summed E-state index contributed by atoms with van der Waals surface area (Å²) in [5.74, 6) is 0.784. The minimum atomic E-state index is -0.973. The number of halogens is 1. The van der Waals surface area contributed by atoms with Gasteiger partial charge in [0.15, 0.2) is 6.23 Å². The molecule has 11 heteroatoms. The van der Waals surface area contributed by atoms with Crippen molar-refractivity contribution in [2.24, 2.45) is 10.5 Å². The van der Waals surface area contributed by atoms with E-state index in [0.29, 0.717) is 31.0 Å². The number of anilines is 3. The zero-order chi connectivity index (χ0) is 24.7. The normalized spacial score (nSPS) is 22.0. The van der Waals surface area contributed by atoms with E-state index < -0.39 is 12.0 Å². The molecule has 2 aromatic heterocycles. The maximum Gasteiger partial charge on any atom is 0.245 e. The van der Waals surface area contributed by atoms with Crippen LogP contribution in [0, 0.1) is 11.2 Å². The van der Waals surface area contributed by atoms with Crippen molar-refractivity contribution in [2.45, 2.75) is 39.6 Å². The molecule has 0 aromatic carbocycles. The van der Waals surface area contributed by atoms with E-state index in [1.165, 1.54) is 12.1 Å².